The zero-order chi connectivity index (χ0) is 12.5. The molecule has 1 fully saturated rings. The van der Waals surface area contributed by atoms with Gasteiger partial charge in [-0.25, -0.2) is 9.07 Å². The number of nitriles is 1. The molecule has 90 valence electrons. The minimum atomic E-state index is -0.256. The topological polar surface area (TPSA) is 54.5 Å². The van der Waals surface area contributed by atoms with Crippen molar-refractivity contribution >= 4 is 0 Å². The fourth-order valence-corrected chi connectivity index (χ4v) is 2.07. The predicted octanol–water partition coefficient (Wildman–Crippen LogP) is 2.21. The molecule has 0 aliphatic heterocycles. The van der Waals surface area contributed by atoms with E-state index in [1.165, 1.54) is 6.07 Å². The number of hydrogen-bond acceptors (Lipinski definition) is 3. The molecule has 1 saturated carbocycles. The van der Waals surface area contributed by atoms with Crippen LogP contribution in [0.4, 0.5) is 4.39 Å². The van der Waals surface area contributed by atoms with E-state index in [9.17, 15) is 4.39 Å². The Labute approximate surface area is 104 Å². The van der Waals surface area contributed by atoms with Crippen molar-refractivity contribution in [3.8, 4) is 6.07 Å². The summed E-state index contributed by atoms with van der Waals surface area (Å²) in [6.45, 7) is 0.327. The Balaban J connectivity index is 1.96. The summed E-state index contributed by atoms with van der Waals surface area (Å²) < 4.78 is 15.2. The Hall–Kier alpha value is -2.22. The first kappa shape index (κ1) is 10.9. The maximum absolute atomic E-state index is 13.6. The minimum Gasteiger partial charge on any atom is -0.243 e. The number of halogens is 1. The Morgan fingerprint density at radius 1 is 1.39 bits per heavy atom. The molecular weight excluding hydrogens is 231 g/mol. The van der Waals surface area contributed by atoms with Crippen LogP contribution in [-0.2, 0) is 6.54 Å². The van der Waals surface area contributed by atoms with E-state index < -0.39 is 0 Å². The lowest BCUT2D eigenvalue weighted by Crippen LogP contribution is -2.07. The molecule has 1 heterocycles. The number of nitrogens with zero attached hydrogens (tertiary/aromatic N) is 4. The summed E-state index contributed by atoms with van der Waals surface area (Å²) in [6, 6.07) is 8.64. The highest BCUT2D eigenvalue weighted by atomic mass is 19.1. The lowest BCUT2D eigenvalue weighted by molar-refractivity contribution is 0.566. The minimum absolute atomic E-state index is 0.256. The zero-order valence-corrected chi connectivity index (χ0v) is 9.67. The van der Waals surface area contributed by atoms with Crippen molar-refractivity contribution in [2.24, 2.45) is 0 Å². The molecule has 0 bridgehead atoms. The second-order valence-electron chi connectivity index (χ2n) is 4.46. The van der Waals surface area contributed by atoms with Gasteiger partial charge in [0.1, 0.15) is 11.9 Å². The van der Waals surface area contributed by atoms with Gasteiger partial charge in [-0.3, -0.25) is 0 Å². The van der Waals surface area contributed by atoms with E-state index in [-0.39, 0.29) is 5.82 Å². The molecule has 0 spiro atoms. The normalized spacial score (nSPS) is 14.4. The Morgan fingerprint density at radius 3 is 2.83 bits per heavy atom. The van der Waals surface area contributed by atoms with Crippen LogP contribution in [0.2, 0.25) is 0 Å². The van der Waals surface area contributed by atoms with Gasteiger partial charge in [-0.1, -0.05) is 23.4 Å². The predicted molar refractivity (Wildman–Crippen MR) is 62.2 cm³/mol. The van der Waals surface area contributed by atoms with E-state index >= 15 is 0 Å². The summed E-state index contributed by atoms with van der Waals surface area (Å²) in [5.74, 6) is 0.106. The zero-order valence-electron chi connectivity index (χ0n) is 9.67. The molecule has 0 N–H and O–H groups in total. The molecule has 0 unspecified atom stereocenters. The highest BCUT2D eigenvalue weighted by molar-refractivity contribution is 5.31. The molecule has 2 aromatic rings. The van der Waals surface area contributed by atoms with Crippen LogP contribution >= 0.6 is 0 Å². The number of benzene rings is 1. The molecule has 5 heteroatoms. The van der Waals surface area contributed by atoms with Crippen molar-refractivity contribution < 1.29 is 4.39 Å². The number of hydrogen-bond donors (Lipinski definition) is 0. The number of rotatable bonds is 3. The Kier molecular flexibility index (Phi) is 2.56. The van der Waals surface area contributed by atoms with Crippen LogP contribution in [0.25, 0.3) is 0 Å². The highest BCUT2D eigenvalue weighted by Gasteiger charge is 2.31. The number of aromatic nitrogens is 3. The molecule has 1 aliphatic carbocycles. The first-order valence-electron chi connectivity index (χ1n) is 5.86. The van der Waals surface area contributed by atoms with Gasteiger partial charge >= 0.3 is 0 Å². The van der Waals surface area contributed by atoms with Gasteiger partial charge in [0.2, 0.25) is 0 Å². The van der Waals surface area contributed by atoms with E-state index in [1.807, 2.05) is 6.07 Å². The van der Waals surface area contributed by atoms with Crippen molar-refractivity contribution in [1.29, 1.82) is 5.26 Å². The van der Waals surface area contributed by atoms with Crippen molar-refractivity contribution in [3.05, 3.63) is 47.0 Å². The molecule has 1 aromatic heterocycles. The quantitative estimate of drug-likeness (QED) is 0.829. The van der Waals surface area contributed by atoms with Crippen LogP contribution in [-0.4, -0.2) is 15.0 Å². The molecule has 0 saturated heterocycles. The third-order valence-electron chi connectivity index (χ3n) is 3.12. The van der Waals surface area contributed by atoms with Gasteiger partial charge in [-0.05, 0) is 18.9 Å². The maximum atomic E-state index is 13.6. The third-order valence-corrected chi connectivity index (χ3v) is 3.12. The van der Waals surface area contributed by atoms with Crippen LogP contribution in [0.1, 0.15) is 35.7 Å². The highest BCUT2D eigenvalue weighted by Crippen LogP contribution is 2.41. The van der Waals surface area contributed by atoms with Gasteiger partial charge in [0.05, 0.1) is 12.2 Å². The molecular formula is C13H11FN4. The van der Waals surface area contributed by atoms with E-state index in [0.717, 1.165) is 18.5 Å². The van der Waals surface area contributed by atoms with Crippen molar-refractivity contribution in [2.45, 2.75) is 25.3 Å². The van der Waals surface area contributed by atoms with Gasteiger partial charge < -0.3 is 0 Å². The van der Waals surface area contributed by atoms with Crippen molar-refractivity contribution in [3.63, 3.8) is 0 Å². The summed E-state index contributed by atoms with van der Waals surface area (Å²) in [4.78, 5) is 0. The van der Waals surface area contributed by atoms with Gasteiger partial charge in [0.15, 0.2) is 5.69 Å². The molecule has 0 atom stereocenters. The molecule has 3 rings (SSSR count). The van der Waals surface area contributed by atoms with Crippen molar-refractivity contribution in [1.82, 2.24) is 15.0 Å². The van der Waals surface area contributed by atoms with E-state index in [1.54, 1.807) is 22.9 Å². The standard InChI is InChI=1S/C13H11FN4/c14-11-4-2-1-3-10(11)8-18-13(9-5-6-9)12(7-15)16-17-18/h1-4,9H,5-6,8H2. The fourth-order valence-electron chi connectivity index (χ4n) is 2.07. The largest absolute Gasteiger partial charge is 0.243 e. The molecule has 18 heavy (non-hydrogen) atoms. The molecule has 0 amide bonds. The summed E-state index contributed by atoms with van der Waals surface area (Å²) in [5.41, 5.74) is 1.78. The van der Waals surface area contributed by atoms with Crippen LogP contribution in [0.5, 0.6) is 0 Å². The van der Waals surface area contributed by atoms with Gasteiger partial charge in [0, 0.05) is 11.5 Å². The first-order chi connectivity index (χ1) is 8.79. The average Bonchev–Trinajstić information content (AvgIpc) is 3.14. The van der Waals surface area contributed by atoms with Gasteiger partial charge in [-0.2, -0.15) is 5.26 Å². The molecule has 1 aromatic carbocycles. The molecule has 1 aliphatic rings. The maximum Gasteiger partial charge on any atom is 0.186 e. The third kappa shape index (κ3) is 1.86. The lowest BCUT2D eigenvalue weighted by atomic mass is 10.2. The fraction of sp³-hybridized carbons (Fsp3) is 0.308. The molecule has 0 radical (unpaired) electrons. The monoisotopic (exact) mass is 242 g/mol. The summed E-state index contributed by atoms with van der Waals surface area (Å²) >= 11 is 0. The summed E-state index contributed by atoms with van der Waals surface area (Å²) in [6.07, 6.45) is 2.11. The average molecular weight is 242 g/mol. The van der Waals surface area contributed by atoms with Gasteiger partial charge in [-0.15, -0.1) is 5.10 Å². The second kappa shape index (κ2) is 4.22. The van der Waals surface area contributed by atoms with E-state index in [0.29, 0.717) is 23.7 Å². The van der Waals surface area contributed by atoms with E-state index in [4.69, 9.17) is 5.26 Å². The molecule has 4 nitrogen and oxygen atoms in total. The van der Waals surface area contributed by atoms with Gasteiger partial charge in [0.25, 0.3) is 0 Å². The van der Waals surface area contributed by atoms with Crippen LogP contribution in [0, 0.1) is 17.1 Å². The lowest BCUT2D eigenvalue weighted by Gasteiger charge is -2.06. The first-order valence-corrected chi connectivity index (χ1v) is 5.86. The Morgan fingerprint density at radius 2 is 2.17 bits per heavy atom. The van der Waals surface area contributed by atoms with Crippen LogP contribution < -0.4 is 0 Å². The smallest absolute Gasteiger partial charge is 0.186 e. The summed E-state index contributed by atoms with van der Waals surface area (Å²) in [7, 11) is 0. The van der Waals surface area contributed by atoms with Crippen LogP contribution in [0.3, 0.4) is 0 Å². The Bertz CT molecular complexity index is 622. The SMILES string of the molecule is N#Cc1nnn(Cc2ccccc2F)c1C1CC1. The van der Waals surface area contributed by atoms with Crippen LogP contribution in [0.15, 0.2) is 24.3 Å². The second-order valence-corrected chi connectivity index (χ2v) is 4.46. The summed E-state index contributed by atoms with van der Waals surface area (Å²) in [5, 5.41) is 16.8. The van der Waals surface area contributed by atoms with E-state index in [2.05, 4.69) is 10.3 Å². The van der Waals surface area contributed by atoms with Crippen molar-refractivity contribution in [2.75, 3.05) is 0 Å².